The summed E-state index contributed by atoms with van der Waals surface area (Å²) in [7, 11) is 0. The smallest absolute Gasteiger partial charge is 0.273 e. The molecule has 0 N–H and O–H groups in total. The maximum atomic E-state index is 13.5. The van der Waals surface area contributed by atoms with E-state index in [4.69, 9.17) is 0 Å². The lowest BCUT2D eigenvalue weighted by Gasteiger charge is -2.33. The third-order valence-electron chi connectivity index (χ3n) is 6.28. The van der Waals surface area contributed by atoms with Crippen molar-refractivity contribution >= 4 is 17.3 Å². The van der Waals surface area contributed by atoms with Gasteiger partial charge in [0.25, 0.3) is 5.91 Å². The zero-order valence-corrected chi connectivity index (χ0v) is 16.4. The second kappa shape index (κ2) is 7.22. The summed E-state index contributed by atoms with van der Waals surface area (Å²) in [5, 5.41) is 3.97. The molecule has 1 aliphatic heterocycles. The summed E-state index contributed by atoms with van der Waals surface area (Å²) in [5.41, 5.74) is 4.33. The molecule has 3 heteroatoms. The normalized spacial score (nSPS) is 28.7. The molecule has 0 spiro atoms. The second-order valence-electron chi connectivity index (χ2n) is 8.14. The van der Waals surface area contributed by atoms with E-state index in [0.717, 1.165) is 29.3 Å². The number of nitrogens with zero attached hydrogens (tertiary/aromatic N) is 2. The van der Waals surface area contributed by atoms with E-state index in [2.05, 4.69) is 37.9 Å². The first-order valence-electron chi connectivity index (χ1n) is 10.00. The van der Waals surface area contributed by atoms with Crippen LogP contribution in [0.4, 0.5) is 11.4 Å². The third-order valence-corrected chi connectivity index (χ3v) is 6.28. The van der Waals surface area contributed by atoms with Crippen LogP contribution in [0.15, 0.2) is 71.8 Å². The Labute approximate surface area is 162 Å². The van der Waals surface area contributed by atoms with Crippen LogP contribution in [0, 0.1) is 17.8 Å². The van der Waals surface area contributed by atoms with Crippen molar-refractivity contribution < 1.29 is 4.79 Å². The number of para-hydroxylation sites is 2. The molecule has 1 amide bonds. The summed E-state index contributed by atoms with van der Waals surface area (Å²) >= 11 is 0. The molecule has 2 aliphatic rings. The highest BCUT2D eigenvalue weighted by atomic mass is 16.2. The molecule has 2 aromatic rings. The third kappa shape index (κ3) is 3.27. The summed E-state index contributed by atoms with van der Waals surface area (Å²) in [6.07, 6.45) is 2.21. The average molecular weight is 361 g/mol. The van der Waals surface area contributed by atoms with Crippen molar-refractivity contribution in [2.24, 2.45) is 17.8 Å². The molecule has 2 aromatic carbocycles. The van der Waals surface area contributed by atoms with E-state index < -0.39 is 0 Å². The number of carbonyl (C=O) groups is 1. The van der Waals surface area contributed by atoms with Crippen LogP contribution in [0.5, 0.6) is 0 Å². The molecular weight excluding hydrogens is 332 g/mol. The number of hydrogen-bond acceptors (Lipinski definition) is 2. The van der Waals surface area contributed by atoms with E-state index in [1.807, 2.05) is 53.5 Å². The van der Waals surface area contributed by atoms with Crippen LogP contribution in [-0.4, -0.2) is 12.5 Å². The van der Waals surface area contributed by atoms with Gasteiger partial charge in [-0.25, -0.2) is 5.01 Å². The van der Waals surface area contributed by atoms with Crippen molar-refractivity contribution in [2.75, 3.05) is 16.6 Å². The number of amides is 1. The van der Waals surface area contributed by atoms with Gasteiger partial charge >= 0.3 is 0 Å². The van der Waals surface area contributed by atoms with E-state index in [9.17, 15) is 4.79 Å². The topological polar surface area (TPSA) is 23.6 Å². The van der Waals surface area contributed by atoms with Crippen molar-refractivity contribution in [3.63, 3.8) is 0 Å². The van der Waals surface area contributed by atoms with Crippen molar-refractivity contribution in [3.05, 3.63) is 71.8 Å². The van der Waals surface area contributed by atoms with E-state index in [0.29, 0.717) is 18.4 Å². The van der Waals surface area contributed by atoms with Crippen LogP contribution in [-0.2, 0) is 4.79 Å². The first-order valence-corrected chi connectivity index (χ1v) is 10.00. The van der Waals surface area contributed by atoms with Crippen molar-refractivity contribution in [1.29, 1.82) is 0 Å². The van der Waals surface area contributed by atoms with Gasteiger partial charge in [-0.05, 0) is 54.9 Å². The number of hydrazine groups is 1. The molecule has 0 radical (unpaired) electrons. The maximum Gasteiger partial charge on any atom is 0.274 e. The second-order valence-corrected chi connectivity index (χ2v) is 8.14. The molecule has 1 saturated heterocycles. The molecule has 0 aromatic heterocycles. The predicted molar refractivity (Wildman–Crippen MR) is 111 cm³/mol. The Morgan fingerprint density at radius 3 is 2.04 bits per heavy atom. The molecular formula is C24H28N2O. The van der Waals surface area contributed by atoms with Crippen molar-refractivity contribution in [1.82, 2.24) is 0 Å². The summed E-state index contributed by atoms with van der Waals surface area (Å²) in [6.45, 7) is 7.60. The lowest BCUT2D eigenvalue weighted by atomic mass is 9.72. The lowest BCUT2D eigenvalue weighted by molar-refractivity contribution is -0.114. The average Bonchev–Trinajstić information content (AvgIpc) is 3.03. The molecule has 3 atom stereocenters. The van der Waals surface area contributed by atoms with E-state index in [1.54, 1.807) is 0 Å². The SMILES string of the molecule is CC1CC(C)C(C)CC1=C1CN(c2ccccc2)N(c2ccccc2)C1=O. The number of hydrogen-bond donors (Lipinski definition) is 0. The Bertz CT molecular complexity index is 843. The highest BCUT2D eigenvalue weighted by Gasteiger charge is 2.39. The van der Waals surface area contributed by atoms with Gasteiger partial charge in [-0.1, -0.05) is 62.7 Å². The van der Waals surface area contributed by atoms with Gasteiger partial charge in [0.2, 0.25) is 0 Å². The maximum absolute atomic E-state index is 13.5. The van der Waals surface area contributed by atoms with Gasteiger partial charge in [0, 0.05) is 5.57 Å². The molecule has 2 fully saturated rings. The number of anilines is 2. The molecule has 4 rings (SSSR count). The molecule has 3 nitrogen and oxygen atoms in total. The Morgan fingerprint density at radius 2 is 1.41 bits per heavy atom. The van der Waals surface area contributed by atoms with Gasteiger partial charge in [-0.3, -0.25) is 9.80 Å². The minimum absolute atomic E-state index is 0.133. The minimum Gasteiger partial charge on any atom is -0.273 e. The highest BCUT2D eigenvalue weighted by molar-refractivity contribution is 6.11. The van der Waals surface area contributed by atoms with E-state index in [-0.39, 0.29) is 5.91 Å². The number of allylic oxidation sites excluding steroid dienone is 1. The van der Waals surface area contributed by atoms with Crippen LogP contribution >= 0.6 is 0 Å². The zero-order valence-electron chi connectivity index (χ0n) is 16.4. The van der Waals surface area contributed by atoms with Gasteiger partial charge in [0.15, 0.2) is 0 Å². The fraction of sp³-hybridized carbons (Fsp3) is 0.375. The monoisotopic (exact) mass is 360 g/mol. The predicted octanol–water partition coefficient (Wildman–Crippen LogP) is 5.45. The zero-order chi connectivity index (χ0) is 19.0. The molecule has 1 saturated carbocycles. The fourth-order valence-corrected chi connectivity index (χ4v) is 4.50. The van der Waals surface area contributed by atoms with Crippen LogP contribution < -0.4 is 10.0 Å². The molecule has 1 heterocycles. The first-order chi connectivity index (χ1) is 13.1. The van der Waals surface area contributed by atoms with Crippen molar-refractivity contribution in [3.8, 4) is 0 Å². The van der Waals surface area contributed by atoms with E-state index >= 15 is 0 Å². The summed E-state index contributed by atoms with van der Waals surface area (Å²) < 4.78 is 0. The molecule has 1 aliphatic carbocycles. The van der Waals surface area contributed by atoms with Crippen LogP contribution in [0.2, 0.25) is 0 Å². The standard InChI is InChI=1S/C24H28N2O/c1-17-14-19(3)22(15-18(17)2)23-16-25(20-10-6-4-7-11-20)26(24(23)27)21-12-8-5-9-13-21/h4-13,17-19H,14-16H2,1-3H3. The summed E-state index contributed by atoms with van der Waals surface area (Å²) in [5.74, 6) is 1.96. The van der Waals surface area contributed by atoms with Gasteiger partial charge in [0.1, 0.15) is 0 Å². The van der Waals surface area contributed by atoms with Gasteiger partial charge in [-0.2, -0.15) is 0 Å². The quantitative estimate of drug-likeness (QED) is 0.665. The lowest BCUT2D eigenvalue weighted by Crippen LogP contribution is -2.39. The molecule has 140 valence electrons. The largest absolute Gasteiger partial charge is 0.274 e. The van der Waals surface area contributed by atoms with Crippen LogP contribution in [0.3, 0.4) is 0 Å². The summed E-state index contributed by atoms with van der Waals surface area (Å²) in [4.78, 5) is 13.5. The summed E-state index contributed by atoms with van der Waals surface area (Å²) in [6, 6.07) is 20.2. The first kappa shape index (κ1) is 17.8. The number of carbonyl (C=O) groups excluding carboxylic acids is 1. The Morgan fingerprint density at radius 1 is 0.815 bits per heavy atom. The van der Waals surface area contributed by atoms with Crippen LogP contribution in [0.1, 0.15) is 33.6 Å². The Balaban J connectivity index is 1.78. The Hall–Kier alpha value is -2.55. The molecule has 27 heavy (non-hydrogen) atoms. The molecule has 0 bridgehead atoms. The molecule has 3 unspecified atom stereocenters. The highest BCUT2D eigenvalue weighted by Crippen LogP contribution is 2.41. The van der Waals surface area contributed by atoms with Gasteiger partial charge in [-0.15, -0.1) is 0 Å². The van der Waals surface area contributed by atoms with Gasteiger partial charge in [0.05, 0.1) is 17.9 Å². The van der Waals surface area contributed by atoms with Crippen LogP contribution in [0.25, 0.3) is 0 Å². The fourth-order valence-electron chi connectivity index (χ4n) is 4.50. The minimum atomic E-state index is 0.133. The number of rotatable bonds is 2. The van der Waals surface area contributed by atoms with E-state index in [1.165, 1.54) is 12.0 Å². The van der Waals surface area contributed by atoms with Crippen molar-refractivity contribution in [2.45, 2.75) is 33.6 Å². The number of benzene rings is 2. The van der Waals surface area contributed by atoms with Gasteiger partial charge < -0.3 is 0 Å². The Kier molecular flexibility index (Phi) is 4.77.